The second-order valence-corrected chi connectivity index (χ2v) is 8.83. The molecule has 1 unspecified atom stereocenters. The second kappa shape index (κ2) is 7.99. The van der Waals surface area contributed by atoms with Crippen LogP contribution >= 0.6 is 0 Å². The highest BCUT2D eigenvalue weighted by atomic mass is 32.2. The molecule has 1 aromatic rings. The molecule has 0 aromatic heterocycles. The molecule has 25 heavy (non-hydrogen) atoms. The second-order valence-electron chi connectivity index (χ2n) is 6.60. The Balaban J connectivity index is 2.07. The lowest BCUT2D eigenvalue weighted by Gasteiger charge is -2.30. The molecule has 2 rings (SSSR count). The summed E-state index contributed by atoms with van der Waals surface area (Å²) in [4.78, 5) is 27.7. The van der Waals surface area contributed by atoms with E-state index in [2.05, 4.69) is 0 Å². The molecule has 7 heteroatoms. The molecule has 0 spiro atoms. The fourth-order valence-corrected chi connectivity index (χ4v) is 4.95. The number of rotatable bonds is 6. The van der Waals surface area contributed by atoms with E-state index in [9.17, 15) is 18.0 Å². The van der Waals surface area contributed by atoms with Gasteiger partial charge in [0.25, 0.3) is 0 Å². The first kappa shape index (κ1) is 19.4. The van der Waals surface area contributed by atoms with E-state index in [-0.39, 0.29) is 35.9 Å². The van der Waals surface area contributed by atoms with E-state index in [0.717, 1.165) is 11.1 Å². The van der Waals surface area contributed by atoms with Crippen molar-refractivity contribution >= 4 is 21.7 Å². The number of hydrogen-bond donors (Lipinski definition) is 0. The molecule has 0 aliphatic carbocycles. The smallest absolute Gasteiger partial charge is 0.242 e. The van der Waals surface area contributed by atoms with Gasteiger partial charge in [-0.05, 0) is 25.8 Å². The number of benzene rings is 1. The fourth-order valence-electron chi connectivity index (χ4n) is 3.22. The summed E-state index contributed by atoms with van der Waals surface area (Å²) in [6.07, 6.45) is 0.472. The van der Waals surface area contributed by atoms with Gasteiger partial charge in [0.05, 0.1) is 11.5 Å². The number of amides is 2. The summed E-state index contributed by atoms with van der Waals surface area (Å²) < 4.78 is 23.4. The van der Waals surface area contributed by atoms with Crippen LogP contribution in [0.25, 0.3) is 0 Å². The number of carbonyl (C=O) groups excluding carboxylic acids is 2. The predicted molar refractivity (Wildman–Crippen MR) is 96.7 cm³/mol. The average molecular weight is 366 g/mol. The standard InChI is InChI=1S/C18H26N2O4S/c1-4-20(17-8-9-25(23,24)13-17)18(22)12-19(15(3)21)11-16-7-5-6-14(2)10-16/h5-7,10,17H,4,8-9,11-13H2,1-3H3. The van der Waals surface area contributed by atoms with Gasteiger partial charge in [-0.2, -0.15) is 0 Å². The quantitative estimate of drug-likeness (QED) is 0.762. The molecule has 1 aliphatic rings. The van der Waals surface area contributed by atoms with Crippen molar-refractivity contribution < 1.29 is 18.0 Å². The Hall–Kier alpha value is -1.89. The predicted octanol–water partition coefficient (Wildman–Crippen LogP) is 1.38. The summed E-state index contributed by atoms with van der Waals surface area (Å²) in [6.45, 7) is 6.03. The molecule has 0 radical (unpaired) electrons. The van der Waals surface area contributed by atoms with E-state index in [1.807, 2.05) is 38.1 Å². The Morgan fingerprint density at radius 1 is 1.28 bits per heavy atom. The Labute approximate surface area is 149 Å². The van der Waals surface area contributed by atoms with Crippen molar-refractivity contribution in [1.29, 1.82) is 0 Å². The van der Waals surface area contributed by atoms with E-state index in [1.165, 1.54) is 11.8 Å². The van der Waals surface area contributed by atoms with Gasteiger partial charge in [-0.1, -0.05) is 29.8 Å². The molecule has 1 atom stereocenters. The van der Waals surface area contributed by atoms with Gasteiger partial charge in [-0.3, -0.25) is 9.59 Å². The molecule has 1 fully saturated rings. The number of likely N-dealkylation sites (N-methyl/N-ethyl adjacent to an activating group) is 1. The molecule has 1 aromatic carbocycles. The highest BCUT2D eigenvalue weighted by Crippen LogP contribution is 2.18. The van der Waals surface area contributed by atoms with Crippen LogP contribution < -0.4 is 0 Å². The van der Waals surface area contributed by atoms with Crippen molar-refractivity contribution in [3.05, 3.63) is 35.4 Å². The molecule has 2 amide bonds. The van der Waals surface area contributed by atoms with Crippen LogP contribution in [0.4, 0.5) is 0 Å². The number of carbonyl (C=O) groups is 2. The summed E-state index contributed by atoms with van der Waals surface area (Å²) in [7, 11) is -3.06. The SMILES string of the molecule is CCN(C(=O)CN(Cc1cccc(C)c1)C(C)=O)C1CCS(=O)(=O)C1. The molecule has 1 heterocycles. The molecule has 0 bridgehead atoms. The molecular formula is C18H26N2O4S. The molecule has 1 saturated heterocycles. The zero-order valence-corrected chi connectivity index (χ0v) is 15.9. The third kappa shape index (κ3) is 5.29. The van der Waals surface area contributed by atoms with Gasteiger partial charge in [0.1, 0.15) is 6.54 Å². The maximum atomic E-state index is 12.7. The van der Waals surface area contributed by atoms with Crippen LogP contribution in [0.15, 0.2) is 24.3 Å². The molecule has 6 nitrogen and oxygen atoms in total. The van der Waals surface area contributed by atoms with Gasteiger partial charge in [0.15, 0.2) is 9.84 Å². The van der Waals surface area contributed by atoms with E-state index in [4.69, 9.17) is 0 Å². The van der Waals surface area contributed by atoms with Gasteiger partial charge < -0.3 is 9.80 Å². The molecule has 138 valence electrons. The van der Waals surface area contributed by atoms with Crippen molar-refractivity contribution in [2.75, 3.05) is 24.6 Å². The normalized spacial score (nSPS) is 18.8. The fraction of sp³-hybridized carbons (Fsp3) is 0.556. The maximum absolute atomic E-state index is 12.7. The minimum Gasteiger partial charge on any atom is -0.337 e. The largest absolute Gasteiger partial charge is 0.337 e. The number of nitrogens with zero attached hydrogens (tertiary/aromatic N) is 2. The van der Waals surface area contributed by atoms with Crippen LogP contribution in [0.1, 0.15) is 31.4 Å². The van der Waals surface area contributed by atoms with Gasteiger partial charge >= 0.3 is 0 Å². The first-order valence-electron chi connectivity index (χ1n) is 8.53. The maximum Gasteiger partial charge on any atom is 0.242 e. The van der Waals surface area contributed by atoms with Gasteiger partial charge in [0.2, 0.25) is 11.8 Å². The number of hydrogen-bond acceptors (Lipinski definition) is 4. The summed E-state index contributed by atoms with van der Waals surface area (Å²) >= 11 is 0. The monoisotopic (exact) mass is 366 g/mol. The Kier molecular flexibility index (Phi) is 6.21. The number of sulfone groups is 1. The van der Waals surface area contributed by atoms with Crippen molar-refractivity contribution in [2.45, 2.75) is 39.8 Å². The average Bonchev–Trinajstić information content (AvgIpc) is 2.87. The van der Waals surface area contributed by atoms with E-state index < -0.39 is 9.84 Å². The third-order valence-electron chi connectivity index (χ3n) is 4.54. The van der Waals surface area contributed by atoms with Crippen LogP contribution in [0.3, 0.4) is 0 Å². The van der Waals surface area contributed by atoms with Crippen molar-refractivity contribution in [3.8, 4) is 0 Å². The summed E-state index contributed by atoms with van der Waals surface area (Å²) in [5, 5.41) is 0. The number of aryl methyl sites for hydroxylation is 1. The van der Waals surface area contributed by atoms with Crippen molar-refractivity contribution in [3.63, 3.8) is 0 Å². The van der Waals surface area contributed by atoms with Crippen molar-refractivity contribution in [1.82, 2.24) is 9.80 Å². The van der Waals surface area contributed by atoms with E-state index in [0.29, 0.717) is 19.5 Å². The highest BCUT2D eigenvalue weighted by Gasteiger charge is 2.34. The first-order chi connectivity index (χ1) is 11.7. The first-order valence-corrected chi connectivity index (χ1v) is 10.3. The Bertz CT molecular complexity index is 745. The minimum atomic E-state index is -3.06. The molecule has 0 N–H and O–H groups in total. The van der Waals surface area contributed by atoms with Gasteiger partial charge in [-0.25, -0.2) is 8.42 Å². The third-order valence-corrected chi connectivity index (χ3v) is 6.29. The zero-order chi connectivity index (χ0) is 18.6. The molecular weight excluding hydrogens is 340 g/mol. The van der Waals surface area contributed by atoms with Gasteiger partial charge in [-0.15, -0.1) is 0 Å². The lowest BCUT2D eigenvalue weighted by Crippen LogP contribution is -2.47. The molecule has 1 aliphatic heterocycles. The van der Waals surface area contributed by atoms with Crippen LogP contribution in [0, 0.1) is 6.92 Å². The minimum absolute atomic E-state index is 0.0184. The van der Waals surface area contributed by atoms with Gasteiger partial charge in [0, 0.05) is 26.1 Å². The topological polar surface area (TPSA) is 74.8 Å². The zero-order valence-electron chi connectivity index (χ0n) is 15.1. The molecule has 0 saturated carbocycles. The van der Waals surface area contributed by atoms with Crippen LogP contribution in [0.2, 0.25) is 0 Å². The van der Waals surface area contributed by atoms with Crippen LogP contribution in [0.5, 0.6) is 0 Å². The summed E-state index contributed by atoms with van der Waals surface area (Å²) in [5.41, 5.74) is 2.06. The summed E-state index contributed by atoms with van der Waals surface area (Å²) in [5.74, 6) is -0.233. The Morgan fingerprint density at radius 3 is 2.52 bits per heavy atom. The Morgan fingerprint density at radius 2 is 2.00 bits per heavy atom. The highest BCUT2D eigenvalue weighted by molar-refractivity contribution is 7.91. The van der Waals surface area contributed by atoms with Crippen molar-refractivity contribution in [2.24, 2.45) is 0 Å². The summed E-state index contributed by atoms with van der Waals surface area (Å²) in [6, 6.07) is 7.53. The van der Waals surface area contributed by atoms with Crippen LogP contribution in [-0.2, 0) is 26.0 Å². The lowest BCUT2D eigenvalue weighted by molar-refractivity contribution is -0.140. The van der Waals surface area contributed by atoms with E-state index >= 15 is 0 Å². The van der Waals surface area contributed by atoms with E-state index in [1.54, 1.807) is 4.90 Å². The lowest BCUT2D eigenvalue weighted by atomic mass is 10.1. The van der Waals surface area contributed by atoms with Crippen LogP contribution in [-0.4, -0.2) is 60.7 Å².